The van der Waals surface area contributed by atoms with Crippen LogP contribution in [0.3, 0.4) is 0 Å². The van der Waals surface area contributed by atoms with Crippen LogP contribution in [-0.2, 0) is 0 Å². The molecule has 0 spiro atoms. The van der Waals surface area contributed by atoms with Crippen LogP contribution in [0.2, 0.25) is 0 Å². The van der Waals surface area contributed by atoms with E-state index >= 15 is 0 Å². The van der Waals surface area contributed by atoms with Crippen molar-refractivity contribution in [2.45, 2.75) is 38.8 Å². The summed E-state index contributed by atoms with van der Waals surface area (Å²) in [6, 6.07) is 12.7. The highest BCUT2D eigenvalue weighted by atomic mass is 16.1. The second-order valence-corrected chi connectivity index (χ2v) is 7.56. The van der Waals surface area contributed by atoms with Gasteiger partial charge in [-0.25, -0.2) is 0 Å². The minimum absolute atomic E-state index is 0.0315. The van der Waals surface area contributed by atoms with E-state index in [-0.39, 0.29) is 11.9 Å². The highest BCUT2D eigenvalue weighted by Gasteiger charge is 2.17. The summed E-state index contributed by atoms with van der Waals surface area (Å²) >= 11 is 0. The summed E-state index contributed by atoms with van der Waals surface area (Å²) in [6.45, 7) is 6.04. The van der Waals surface area contributed by atoms with Gasteiger partial charge in [0.15, 0.2) is 0 Å². The molecule has 1 fully saturated rings. The van der Waals surface area contributed by atoms with E-state index in [0.29, 0.717) is 11.6 Å². The lowest BCUT2D eigenvalue weighted by atomic mass is 9.98. The Balaban J connectivity index is 1.66. The fourth-order valence-electron chi connectivity index (χ4n) is 3.77. The topological polar surface area (TPSA) is 59.0 Å². The number of nitrogens with one attached hydrogen (secondary N) is 2. The van der Waals surface area contributed by atoms with Gasteiger partial charge in [0.2, 0.25) is 0 Å². The first kappa shape index (κ1) is 17.7. The predicted octanol–water partition coefficient (Wildman–Crippen LogP) is 3.77. The highest BCUT2D eigenvalue weighted by Crippen LogP contribution is 2.30. The Bertz CT molecular complexity index is 954. The van der Waals surface area contributed by atoms with Gasteiger partial charge in [0.1, 0.15) is 0 Å². The summed E-state index contributed by atoms with van der Waals surface area (Å²) in [5, 5.41) is 13.2. The molecule has 2 aromatic carbocycles. The smallest absolute Gasteiger partial charge is 0.251 e. The van der Waals surface area contributed by atoms with Gasteiger partial charge in [0.25, 0.3) is 5.91 Å². The van der Waals surface area contributed by atoms with E-state index in [9.17, 15) is 4.79 Å². The number of carbonyl (C=O) groups is 1. The molecule has 0 saturated carbocycles. The number of benzene rings is 2. The van der Waals surface area contributed by atoms with Gasteiger partial charge >= 0.3 is 0 Å². The van der Waals surface area contributed by atoms with E-state index in [1.807, 2.05) is 44.3 Å². The van der Waals surface area contributed by atoms with Gasteiger partial charge in [-0.3, -0.25) is 9.48 Å². The molecule has 5 nitrogen and oxygen atoms in total. The van der Waals surface area contributed by atoms with Crippen molar-refractivity contribution < 1.29 is 4.79 Å². The second-order valence-electron chi connectivity index (χ2n) is 7.56. The average Bonchev–Trinajstić information content (AvgIpc) is 3.17. The number of aromatic nitrogens is 2. The lowest BCUT2D eigenvalue weighted by Crippen LogP contribution is -2.29. The van der Waals surface area contributed by atoms with Crippen molar-refractivity contribution in [1.29, 1.82) is 0 Å². The lowest BCUT2D eigenvalue weighted by Gasteiger charge is -2.22. The Labute approximate surface area is 159 Å². The van der Waals surface area contributed by atoms with Crippen LogP contribution < -0.4 is 10.6 Å². The number of carbonyl (C=O) groups excluding carboxylic acids is 1. The summed E-state index contributed by atoms with van der Waals surface area (Å²) in [4.78, 5) is 12.3. The number of amides is 1. The molecule has 0 aliphatic carbocycles. The van der Waals surface area contributed by atoms with E-state index in [1.165, 1.54) is 0 Å². The van der Waals surface area contributed by atoms with Gasteiger partial charge in [-0.05, 0) is 68.2 Å². The summed E-state index contributed by atoms with van der Waals surface area (Å²) < 4.78 is 2.11. The minimum atomic E-state index is -0.0315. The standard InChI is InChI=1S/C22H26N4O/c1-15(2)25-22(27)17-6-7-21-16(12-17)4-3-5-20(21)18-13-24-26(14-18)19-8-10-23-11-9-19/h3-7,12-15,19,23H,8-11H2,1-2H3,(H,25,27). The van der Waals surface area contributed by atoms with Crippen molar-refractivity contribution in [3.8, 4) is 11.1 Å². The molecule has 0 bridgehead atoms. The Morgan fingerprint density at radius 3 is 2.81 bits per heavy atom. The van der Waals surface area contributed by atoms with Crippen LogP contribution in [-0.4, -0.2) is 34.8 Å². The highest BCUT2D eigenvalue weighted by molar-refractivity contribution is 6.02. The third-order valence-electron chi connectivity index (χ3n) is 5.16. The van der Waals surface area contributed by atoms with E-state index in [1.54, 1.807) is 0 Å². The van der Waals surface area contributed by atoms with Crippen LogP contribution in [0.5, 0.6) is 0 Å². The zero-order valence-electron chi connectivity index (χ0n) is 15.9. The summed E-state index contributed by atoms with van der Waals surface area (Å²) in [7, 11) is 0. The van der Waals surface area contributed by atoms with E-state index in [2.05, 4.69) is 38.7 Å². The zero-order chi connectivity index (χ0) is 18.8. The first-order valence-corrected chi connectivity index (χ1v) is 9.71. The normalized spacial score (nSPS) is 15.4. The fraction of sp³-hybridized carbons (Fsp3) is 0.364. The van der Waals surface area contributed by atoms with Gasteiger partial charge in [0.05, 0.1) is 12.2 Å². The third kappa shape index (κ3) is 3.74. The average molecular weight is 362 g/mol. The molecule has 1 saturated heterocycles. The van der Waals surface area contributed by atoms with Gasteiger partial charge in [-0.15, -0.1) is 0 Å². The maximum atomic E-state index is 12.3. The number of nitrogens with zero attached hydrogens (tertiary/aromatic N) is 2. The van der Waals surface area contributed by atoms with Crippen molar-refractivity contribution >= 4 is 16.7 Å². The SMILES string of the molecule is CC(C)NC(=O)c1ccc2c(-c3cnn(C4CCNCC4)c3)cccc2c1. The molecule has 140 valence electrons. The Hall–Kier alpha value is -2.66. The summed E-state index contributed by atoms with van der Waals surface area (Å²) in [5.41, 5.74) is 2.97. The first-order chi connectivity index (χ1) is 13.1. The maximum absolute atomic E-state index is 12.3. The molecular formula is C22H26N4O. The van der Waals surface area contributed by atoms with Crippen LogP contribution in [0.4, 0.5) is 0 Å². The molecule has 0 radical (unpaired) electrons. The van der Waals surface area contributed by atoms with E-state index in [4.69, 9.17) is 0 Å². The van der Waals surface area contributed by atoms with Crippen molar-refractivity contribution in [3.63, 3.8) is 0 Å². The molecule has 2 N–H and O–H groups in total. The quantitative estimate of drug-likeness (QED) is 0.743. The number of hydrogen-bond donors (Lipinski definition) is 2. The van der Waals surface area contributed by atoms with Gasteiger partial charge < -0.3 is 10.6 Å². The van der Waals surface area contributed by atoms with Crippen molar-refractivity contribution in [1.82, 2.24) is 20.4 Å². The van der Waals surface area contributed by atoms with Gasteiger partial charge in [0, 0.05) is 23.4 Å². The molecule has 2 heterocycles. The van der Waals surface area contributed by atoms with Crippen LogP contribution >= 0.6 is 0 Å². The summed E-state index contributed by atoms with van der Waals surface area (Å²) in [6.07, 6.45) is 6.34. The Morgan fingerprint density at radius 1 is 1.22 bits per heavy atom. The summed E-state index contributed by atoms with van der Waals surface area (Å²) in [5.74, 6) is -0.0315. The molecule has 3 aromatic rings. The molecule has 0 atom stereocenters. The van der Waals surface area contributed by atoms with Crippen LogP contribution in [0.25, 0.3) is 21.9 Å². The van der Waals surface area contributed by atoms with Gasteiger partial charge in [-0.2, -0.15) is 5.10 Å². The van der Waals surface area contributed by atoms with Crippen molar-refractivity contribution in [2.75, 3.05) is 13.1 Å². The first-order valence-electron chi connectivity index (χ1n) is 9.71. The van der Waals surface area contributed by atoms with E-state index < -0.39 is 0 Å². The lowest BCUT2D eigenvalue weighted by molar-refractivity contribution is 0.0943. The molecule has 5 heteroatoms. The van der Waals surface area contributed by atoms with E-state index in [0.717, 1.165) is 47.8 Å². The monoisotopic (exact) mass is 362 g/mol. The van der Waals surface area contributed by atoms with Crippen LogP contribution in [0, 0.1) is 0 Å². The largest absolute Gasteiger partial charge is 0.350 e. The van der Waals surface area contributed by atoms with Crippen LogP contribution in [0.15, 0.2) is 48.8 Å². The molecule has 1 aliphatic rings. The molecular weight excluding hydrogens is 336 g/mol. The minimum Gasteiger partial charge on any atom is -0.350 e. The van der Waals surface area contributed by atoms with Crippen molar-refractivity contribution in [3.05, 3.63) is 54.4 Å². The molecule has 1 aromatic heterocycles. The third-order valence-corrected chi connectivity index (χ3v) is 5.16. The fourth-order valence-corrected chi connectivity index (χ4v) is 3.77. The number of hydrogen-bond acceptors (Lipinski definition) is 3. The molecule has 1 amide bonds. The molecule has 0 unspecified atom stereocenters. The maximum Gasteiger partial charge on any atom is 0.251 e. The predicted molar refractivity (Wildman–Crippen MR) is 109 cm³/mol. The number of fused-ring (bicyclic) bond motifs is 1. The zero-order valence-corrected chi connectivity index (χ0v) is 15.9. The number of rotatable bonds is 4. The Morgan fingerprint density at radius 2 is 2.04 bits per heavy atom. The van der Waals surface area contributed by atoms with Gasteiger partial charge in [-0.1, -0.05) is 24.3 Å². The number of piperidine rings is 1. The molecule has 4 rings (SSSR count). The second kappa shape index (κ2) is 7.53. The molecule has 1 aliphatic heterocycles. The Kier molecular flexibility index (Phi) is 4.94. The van der Waals surface area contributed by atoms with Crippen LogP contribution in [0.1, 0.15) is 43.1 Å². The molecule has 27 heavy (non-hydrogen) atoms. The van der Waals surface area contributed by atoms with Crippen molar-refractivity contribution in [2.24, 2.45) is 0 Å².